The summed E-state index contributed by atoms with van der Waals surface area (Å²) < 4.78 is 0. The van der Waals surface area contributed by atoms with Gasteiger partial charge in [0.15, 0.2) is 5.13 Å². The third-order valence-electron chi connectivity index (χ3n) is 5.71. The Hall–Kier alpha value is -3.85. The average Bonchev–Trinajstić information content (AvgIpc) is 3.41. The Labute approximate surface area is 207 Å². The van der Waals surface area contributed by atoms with Crippen molar-refractivity contribution in [2.45, 2.75) is 39.2 Å². The summed E-state index contributed by atoms with van der Waals surface area (Å²) in [5, 5.41) is 8.03. The van der Waals surface area contributed by atoms with Gasteiger partial charge in [0.05, 0.1) is 16.8 Å². The van der Waals surface area contributed by atoms with E-state index in [1.165, 1.54) is 23.2 Å². The first kappa shape index (κ1) is 24.3. The quantitative estimate of drug-likeness (QED) is 0.326. The molecular formula is C26H26N4O4S. The molecule has 0 unspecified atom stereocenters. The molecule has 0 fully saturated rings. The monoisotopic (exact) mass is 490 g/mol. The molecule has 1 aliphatic heterocycles. The second-order valence-electron chi connectivity index (χ2n) is 8.31. The van der Waals surface area contributed by atoms with Crippen molar-refractivity contribution in [1.29, 1.82) is 0 Å². The summed E-state index contributed by atoms with van der Waals surface area (Å²) in [5.41, 5.74) is 3.62. The van der Waals surface area contributed by atoms with Crippen LogP contribution in [-0.2, 0) is 16.1 Å². The van der Waals surface area contributed by atoms with Crippen molar-refractivity contribution in [3.05, 3.63) is 70.6 Å². The van der Waals surface area contributed by atoms with E-state index in [0.29, 0.717) is 48.6 Å². The second kappa shape index (κ2) is 11.1. The lowest BCUT2D eigenvalue weighted by Gasteiger charge is -2.13. The highest BCUT2D eigenvalue weighted by atomic mass is 32.1. The molecule has 0 aliphatic carbocycles. The maximum Gasteiger partial charge on any atom is 0.261 e. The molecule has 2 heterocycles. The fraction of sp³-hybridized carbons (Fsp3) is 0.269. The van der Waals surface area contributed by atoms with Gasteiger partial charge < -0.3 is 10.6 Å². The summed E-state index contributed by atoms with van der Waals surface area (Å²) in [4.78, 5) is 53.9. The third kappa shape index (κ3) is 5.99. The SMILES string of the molecule is CC(=O)NCc1ccc(-c2csc(NC(=O)CCCCCN3C(=O)c4ccccc4C3=O)n2)cc1. The molecule has 0 radical (unpaired) electrons. The molecule has 2 aromatic carbocycles. The number of aromatic nitrogens is 1. The molecule has 0 saturated heterocycles. The average molecular weight is 491 g/mol. The smallest absolute Gasteiger partial charge is 0.261 e. The van der Waals surface area contributed by atoms with Crippen LogP contribution in [0, 0.1) is 0 Å². The minimum Gasteiger partial charge on any atom is -0.352 e. The van der Waals surface area contributed by atoms with E-state index >= 15 is 0 Å². The molecule has 0 atom stereocenters. The number of nitrogens with zero attached hydrogens (tertiary/aromatic N) is 2. The van der Waals surface area contributed by atoms with E-state index in [2.05, 4.69) is 15.6 Å². The molecule has 1 aromatic heterocycles. The van der Waals surface area contributed by atoms with E-state index in [-0.39, 0.29) is 23.6 Å². The van der Waals surface area contributed by atoms with Crippen LogP contribution >= 0.6 is 11.3 Å². The minimum absolute atomic E-state index is 0.0725. The molecular weight excluding hydrogens is 464 g/mol. The van der Waals surface area contributed by atoms with E-state index < -0.39 is 0 Å². The van der Waals surface area contributed by atoms with Crippen molar-refractivity contribution < 1.29 is 19.2 Å². The number of hydrogen-bond donors (Lipinski definition) is 2. The highest BCUT2D eigenvalue weighted by Gasteiger charge is 2.34. The van der Waals surface area contributed by atoms with Crippen molar-refractivity contribution in [2.24, 2.45) is 0 Å². The van der Waals surface area contributed by atoms with Gasteiger partial charge in [-0.2, -0.15) is 0 Å². The zero-order chi connectivity index (χ0) is 24.8. The van der Waals surface area contributed by atoms with Gasteiger partial charge in [0.1, 0.15) is 0 Å². The molecule has 4 rings (SSSR count). The van der Waals surface area contributed by atoms with Crippen LogP contribution < -0.4 is 10.6 Å². The van der Waals surface area contributed by atoms with E-state index in [0.717, 1.165) is 23.2 Å². The summed E-state index contributed by atoms with van der Waals surface area (Å²) in [5.74, 6) is -0.676. The number of carbonyl (C=O) groups is 4. The number of imide groups is 1. The normalized spacial score (nSPS) is 12.5. The van der Waals surface area contributed by atoms with Crippen LogP contribution in [0.25, 0.3) is 11.3 Å². The second-order valence-corrected chi connectivity index (χ2v) is 9.17. The van der Waals surface area contributed by atoms with Gasteiger partial charge in [-0.15, -0.1) is 11.3 Å². The van der Waals surface area contributed by atoms with E-state index in [4.69, 9.17) is 0 Å². The van der Waals surface area contributed by atoms with Gasteiger partial charge in [0.2, 0.25) is 11.8 Å². The van der Waals surface area contributed by atoms with Crippen LogP contribution in [0.2, 0.25) is 0 Å². The number of rotatable bonds is 10. The summed E-state index contributed by atoms with van der Waals surface area (Å²) in [6, 6.07) is 14.6. The number of fused-ring (bicyclic) bond motifs is 1. The lowest BCUT2D eigenvalue weighted by atomic mass is 10.1. The standard InChI is InChI=1S/C26H26N4O4S/c1-17(31)27-15-18-10-12-19(13-11-18)22-16-35-26(28-22)29-23(32)9-3-2-6-14-30-24(33)20-7-4-5-8-21(20)25(30)34/h4-5,7-8,10-13,16H,2-3,6,9,14-15H2,1H3,(H,27,31)(H,28,29,32). The first-order chi connectivity index (χ1) is 16.9. The predicted molar refractivity (Wildman–Crippen MR) is 134 cm³/mol. The Morgan fingerprint density at radius 2 is 1.63 bits per heavy atom. The van der Waals surface area contributed by atoms with Crippen LogP contribution in [0.15, 0.2) is 53.9 Å². The first-order valence-corrected chi connectivity index (χ1v) is 12.3. The molecule has 4 amide bonds. The number of hydrogen-bond acceptors (Lipinski definition) is 6. The summed E-state index contributed by atoms with van der Waals surface area (Å²) in [6.45, 7) is 2.32. The Morgan fingerprint density at radius 1 is 0.943 bits per heavy atom. The first-order valence-electron chi connectivity index (χ1n) is 11.5. The summed E-state index contributed by atoms with van der Waals surface area (Å²) >= 11 is 1.36. The van der Waals surface area contributed by atoms with Gasteiger partial charge in [-0.1, -0.05) is 42.8 Å². The van der Waals surface area contributed by atoms with E-state index in [9.17, 15) is 19.2 Å². The Morgan fingerprint density at radius 3 is 2.29 bits per heavy atom. The maximum atomic E-state index is 12.4. The van der Waals surface area contributed by atoms with Crippen LogP contribution in [-0.4, -0.2) is 40.1 Å². The van der Waals surface area contributed by atoms with Crippen LogP contribution in [0.5, 0.6) is 0 Å². The molecule has 3 aromatic rings. The zero-order valence-electron chi connectivity index (χ0n) is 19.4. The summed E-state index contributed by atoms with van der Waals surface area (Å²) in [7, 11) is 0. The van der Waals surface area contributed by atoms with Gasteiger partial charge in [-0.3, -0.25) is 24.1 Å². The number of benzene rings is 2. The summed E-state index contributed by atoms with van der Waals surface area (Å²) in [6.07, 6.45) is 2.38. The number of anilines is 1. The van der Waals surface area contributed by atoms with Crippen molar-refractivity contribution in [3.63, 3.8) is 0 Å². The van der Waals surface area contributed by atoms with Gasteiger partial charge in [-0.05, 0) is 30.5 Å². The number of unbranched alkanes of at least 4 members (excludes halogenated alkanes) is 2. The Balaban J connectivity index is 1.18. The highest BCUT2D eigenvalue weighted by Crippen LogP contribution is 2.26. The third-order valence-corrected chi connectivity index (χ3v) is 6.46. The molecule has 8 nitrogen and oxygen atoms in total. The predicted octanol–water partition coefficient (Wildman–Crippen LogP) is 4.24. The fourth-order valence-corrected chi connectivity index (χ4v) is 4.58. The van der Waals surface area contributed by atoms with Crippen molar-refractivity contribution in [2.75, 3.05) is 11.9 Å². The topological polar surface area (TPSA) is 108 Å². The van der Waals surface area contributed by atoms with Crippen LogP contribution in [0.4, 0.5) is 5.13 Å². The van der Waals surface area contributed by atoms with Crippen molar-refractivity contribution in [3.8, 4) is 11.3 Å². The molecule has 180 valence electrons. The van der Waals surface area contributed by atoms with E-state index in [1.807, 2.05) is 29.6 Å². The Kier molecular flexibility index (Phi) is 7.67. The van der Waals surface area contributed by atoms with Gasteiger partial charge in [0.25, 0.3) is 11.8 Å². The molecule has 0 spiro atoms. The zero-order valence-corrected chi connectivity index (χ0v) is 20.2. The molecule has 35 heavy (non-hydrogen) atoms. The van der Waals surface area contributed by atoms with Crippen molar-refractivity contribution in [1.82, 2.24) is 15.2 Å². The highest BCUT2D eigenvalue weighted by molar-refractivity contribution is 7.14. The molecule has 9 heteroatoms. The lowest BCUT2D eigenvalue weighted by Crippen LogP contribution is -2.30. The fourth-order valence-electron chi connectivity index (χ4n) is 3.84. The van der Waals surface area contributed by atoms with E-state index in [1.54, 1.807) is 24.3 Å². The molecule has 0 bridgehead atoms. The molecule has 2 N–H and O–H groups in total. The molecule has 1 aliphatic rings. The molecule has 0 saturated carbocycles. The minimum atomic E-state index is -0.245. The number of thiazole rings is 1. The van der Waals surface area contributed by atoms with Gasteiger partial charge >= 0.3 is 0 Å². The number of amides is 4. The maximum absolute atomic E-state index is 12.4. The van der Waals surface area contributed by atoms with Crippen LogP contribution in [0.3, 0.4) is 0 Å². The Bertz CT molecular complexity index is 1220. The van der Waals surface area contributed by atoms with Gasteiger partial charge in [0, 0.05) is 37.4 Å². The largest absolute Gasteiger partial charge is 0.352 e. The van der Waals surface area contributed by atoms with Crippen molar-refractivity contribution >= 4 is 40.1 Å². The number of carbonyl (C=O) groups excluding carboxylic acids is 4. The number of nitrogens with one attached hydrogen (secondary N) is 2. The lowest BCUT2D eigenvalue weighted by molar-refractivity contribution is -0.119. The van der Waals surface area contributed by atoms with Gasteiger partial charge in [-0.25, -0.2) is 4.98 Å². The van der Waals surface area contributed by atoms with Crippen LogP contribution in [0.1, 0.15) is 58.9 Å².